The molecule has 0 aliphatic carbocycles. The first kappa shape index (κ1) is 22.4. The summed E-state index contributed by atoms with van der Waals surface area (Å²) >= 11 is 0. The van der Waals surface area contributed by atoms with Gasteiger partial charge >= 0.3 is 5.97 Å². The zero-order valence-corrected chi connectivity index (χ0v) is 18.3. The minimum absolute atomic E-state index is 0.0361. The lowest BCUT2D eigenvalue weighted by molar-refractivity contribution is -0.112. The van der Waals surface area contributed by atoms with Gasteiger partial charge in [0.05, 0.1) is 12.7 Å². The van der Waals surface area contributed by atoms with Crippen molar-refractivity contribution < 1.29 is 19.4 Å². The smallest absolute Gasteiger partial charge is 0.335 e. The number of carbonyl (C=O) groups excluding carboxylic acids is 1. The highest BCUT2D eigenvalue weighted by Crippen LogP contribution is 2.26. The molecule has 0 radical (unpaired) electrons. The number of aromatic nitrogens is 1. The van der Waals surface area contributed by atoms with Gasteiger partial charge < -0.3 is 19.7 Å². The van der Waals surface area contributed by atoms with E-state index in [9.17, 15) is 20.0 Å². The number of carboxylic acid groups (broad SMARTS) is 1. The highest BCUT2D eigenvalue weighted by Gasteiger charge is 2.16. The second-order valence-corrected chi connectivity index (χ2v) is 7.32. The van der Waals surface area contributed by atoms with Gasteiger partial charge in [-0.15, -0.1) is 0 Å². The molecule has 0 aliphatic rings. The Hall–Kier alpha value is -4.31. The molecule has 0 saturated carbocycles. The Labute approximate surface area is 186 Å². The van der Waals surface area contributed by atoms with Crippen LogP contribution < -0.4 is 10.1 Å². The van der Waals surface area contributed by atoms with E-state index in [1.807, 2.05) is 37.5 Å². The molecule has 1 heterocycles. The van der Waals surface area contributed by atoms with Crippen LogP contribution in [0.1, 0.15) is 32.9 Å². The van der Waals surface area contributed by atoms with Crippen molar-refractivity contribution in [2.75, 3.05) is 12.4 Å². The maximum atomic E-state index is 12.7. The number of rotatable bonds is 6. The highest BCUT2D eigenvalue weighted by atomic mass is 16.5. The van der Waals surface area contributed by atoms with E-state index in [0.717, 1.165) is 28.2 Å². The molecular weight excluding hydrogens is 406 g/mol. The summed E-state index contributed by atoms with van der Waals surface area (Å²) in [5, 5.41) is 21.5. The topological polar surface area (TPSA) is 104 Å². The molecule has 0 spiro atoms. The third-order valence-electron chi connectivity index (χ3n) is 5.15. The van der Waals surface area contributed by atoms with Gasteiger partial charge in [0.25, 0.3) is 5.91 Å². The van der Waals surface area contributed by atoms with Gasteiger partial charge in [0.2, 0.25) is 0 Å². The Balaban J connectivity index is 1.95. The number of anilines is 1. The minimum Gasteiger partial charge on any atom is -0.497 e. The number of aryl methyl sites for hydroxylation is 2. The van der Waals surface area contributed by atoms with E-state index < -0.39 is 11.9 Å². The van der Waals surface area contributed by atoms with E-state index in [0.29, 0.717) is 11.4 Å². The Morgan fingerprint density at radius 2 is 1.88 bits per heavy atom. The van der Waals surface area contributed by atoms with Crippen LogP contribution in [0.25, 0.3) is 11.8 Å². The van der Waals surface area contributed by atoms with Gasteiger partial charge in [-0.3, -0.25) is 4.79 Å². The highest BCUT2D eigenvalue weighted by molar-refractivity contribution is 6.09. The van der Waals surface area contributed by atoms with Crippen LogP contribution in [0.15, 0.2) is 54.1 Å². The van der Waals surface area contributed by atoms with E-state index in [-0.39, 0.29) is 11.1 Å². The first-order chi connectivity index (χ1) is 15.2. The van der Waals surface area contributed by atoms with Gasteiger partial charge in [0.1, 0.15) is 17.4 Å². The molecule has 7 nitrogen and oxygen atoms in total. The van der Waals surface area contributed by atoms with Crippen LogP contribution >= 0.6 is 0 Å². The van der Waals surface area contributed by atoms with E-state index in [1.165, 1.54) is 7.11 Å². The third-order valence-corrected chi connectivity index (χ3v) is 5.15. The van der Waals surface area contributed by atoms with Crippen molar-refractivity contribution in [1.29, 1.82) is 5.26 Å². The number of aromatic carboxylic acids is 1. The Bertz CT molecular complexity index is 1280. The van der Waals surface area contributed by atoms with Crippen molar-refractivity contribution >= 4 is 23.6 Å². The number of ether oxygens (including phenoxy) is 1. The van der Waals surface area contributed by atoms with Crippen molar-refractivity contribution in [3.05, 3.63) is 82.2 Å². The van der Waals surface area contributed by atoms with Gasteiger partial charge in [-0.2, -0.15) is 5.26 Å². The van der Waals surface area contributed by atoms with E-state index in [4.69, 9.17) is 4.74 Å². The zero-order chi connectivity index (χ0) is 23.4. The Kier molecular flexibility index (Phi) is 6.45. The van der Waals surface area contributed by atoms with Crippen LogP contribution in [0, 0.1) is 32.1 Å². The first-order valence-corrected chi connectivity index (χ1v) is 9.85. The fourth-order valence-electron chi connectivity index (χ4n) is 3.55. The molecule has 3 rings (SSSR count). The molecule has 0 unspecified atom stereocenters. The fourth-order valence-corrected chi connectivity index (χ4v) is 3.55. The molecule has 2 N–H and O–H groups in total. The van der Waals surface area contributed by atoms with Crippen molar-refractivity contribution in [3.63, 3.8) is 0 Å². The number of nitriles is 1. The normalized spacial score (nSPS) is 11.0. The van der Waals surface area contributed by atoms with Crippen LogP contribution in [-0.4, -0.2) is 28.7 Å². The van der Waals surface area contributed by atoms with Crippen LogP contribution in [0.4, 0.5) is 5.69 Å². The number of hydrogen-bond acceptors (Lipinski definition) is 4. The number of benzene rings is 2. The predicted octanol–water partition coefficient (Wildman–Crippen LogP) is 4.66. The fraction of sp³-hybridized carbons (Fsp3) is 0.160. The Morgan fingerprint density at radius 3 is 2.50 bits per heavy atom. The molecule has 3 aromatic rings. The van der Waals surface area contributed by atoms with Crippen LogP contribution in [0.3, 0.4) is 0 Å². The molecule has 0 bridgehead atoms. The molecular formula is C25H23N3O4. The molecule has 162 valence electrons. The van der Waals surface area contributed by atoms with Gasteiger partial charge in [0.15, 0.2) is 0 Å². The lowest BCUT2D eigenvalue weighted by Gasteiger charge is -2.13. The molecule has 32 heavy (non-hydrogen) atoms. The minimum atomic E-state index is -0.982. The summed E-state index contributed by atoms with van der Waals surface area (Å²) in [5.74, 6) is -0.907. The molecule has 1 amide bonds. The summed E-state index contributed by atoms with van der Waals surface area (Å²) in [6.07, 6.45) is 1.55. The lowest BCUT2D eigenvalue weighted by atomic mass is 10.1. The second kappa shape index (κ2) is 9.23. The number of amides is 1. The van der Waals surface area contributed by atoms with Gasteiger partial charge in [-0.25, -0.2) is 4.79 Å². The number of carbonyl (C=O) groups is 2. The number of methoxy groups -OCH3 is 1. The number of carboxylic acids is 1. The average molecular weight is 429 g/mol. The maximum Gasteiger partial charge on any atom is 0.335 e. The SMILES string of the molecule is COc1cccc(NC(=O)/C(C#N)=C\c2cc(C)n(-c3ccc(C(=O)O)cc3C)c2C)c1. The summed E-state index contributed by atoms with van der Waals surface area (Å²) in [6.45, 7) is 5.65. The summed E-state index contributed by atoms with van der Waals surface area (Å²) < 4.78 is 7.13. The number of nitrogens with one attached hydrogen (secondary N) is 1. The van der Waals surface area contributed by atoms with E-state index >= 15 is 0 Å². The van der Waals surface area contributed by atoms with Crippen LogP contribution in [0.2, 0.25) is 0 Å². The molecule has 7 heteroatoms. The van der Waals surface area contributed by atoms with Gasteiger partial charge in [-0.05, 0) is 74.4 Å². The van der Waals surface area contributed by atoms with Crippen molar-refractivity contribution in [2.24, 2.45) is 0 Å². The van der Waals surface area contributed by atoms with Crippen molar-refractivity contribution in [1.82, 2.24) is 4.57 Å². The van der Waals surface area contributed by atoms with E-state index in [1.54, 1.807) is 48.5 Å². The summed E-state index contributed by atoms with van der Waals surface area (Å²) in [6, 6.07) is 15.7. The number of nitrogens with zero attached hydrogens (tertiary/aromatic N) is 2. The molecule has 0 atom stereocenters. The maximum absolute atomic E-state index is 12.7. The standard InChI is InChI=1S/C25H23N3O4/c1-15-10-18(25(30)31)8-9-23(15)28-16(2)11-19(17(28)3)12-20(14-26)24(29)27-21-6-5-7-22(13-21)32-4/h5-13H,1-4H3,(H,27,29)(H,30,31)/b20-12-. The summed E-state index contributed by atoms with van der Waals surface area (Å²) in [7, 11) is 1.54. The first-order valence-electron chi connectivity index (χ1n) is 9.85. The molecule has 0 fully saturated rings. The second-order valence-electron chi connectivity index (χ2n) is 7.32. The third kappa shape index (κ3) is 4.55. The van der Waals surface area contributed by atoms with E-state index in [2.05, 4.69) is 5.32 Å². The van der Waals surface area contributed by atoms with Crippen LogP contribution in [-0.2, 0) is 4.79 Å². The van der Waals surface area contributed by atoms with Crippen molar-refractivity contribution in [2.45, 2.75) is 20.8 Å². The van der Waals surface area contributed by atoms with Crippen molar-refractivity contribution in [3.8, 4) is 17.5 Å². The summed E-state index contributed by atoms with van der Waals surface area (Å²) in [4.78, 5) is 23.9. The van der Waals surface area contributed by atoms with Crippen LogP contribution in [0.5, 0.6) is 5.75 Å². The largest absolute Gasteiger partial charge is 0.497 e. The van der Waals surface area contributed by atoms with Gasteiger partial charge in [0, 0.05) is 28.8 Å². The molecule has 0 aliphatic heterocycles. The number of hydrogen-bond donors (Lipinski definition) is 2. The molecule has 0 saturated heterocycles. The quantitative estimate of drug-likeness (QED) is 0.438. The summed E-state index contributed by atoms with van der Waals surface area (Å²) in [5.41, 5.74) is 4.79. The predicted molar refractivity (Wildman–Crippen MR) is 122 cm³/mol. The monoisotopic (exact) mass is 429 g/mol. The average Bonchev–Trinajstić information content (AvgIpc) is 3.04. The zero-order valence-electron chi connectivity index (χ0n) is 18.3. The van der Waals surface area contributed by atoms with Gasteiger partial charge in [-0.1, -0.05) is 6.07 Å². The molecule has 2 aromatic carbocycles. The Morgan fingerprint density at radius 1 is 1.12 bits per heavy atom. The lowest BCUT2D eigenvalue weighted by Crippen LogP contribution is -2.13. The molecule has 1 aromatic heterocycles.